The molecule has 0 aromatic heterocycles. The topological polar surface area (TPSA) is 55.4 Å². The van der Waals surface area contributed by atoms with Crippen LogP contribution < -0.4 is 5.32 Å². The summed E-state index contributed by atoms with van der Waals surface area (Å²) in [5.41, 5.74) is 0.644. The SMILES string of the molecule is CC[C@@H](C)[C@H](C(=O)OCC(=O)Nc1ccc(F)cc1F)c1ccccc1. The fraction of sp³-hybridized carbons (Fsp3) is 0.300. The Labute approximate surface area is 151 Å². The lowest BCUT2D eigenvalue weighted by molar-refractivity contribution is -0.150. The molecule has 2 rings (SSSR count). The minimum absolute atomic E-state index is 0.0301. The maximum atomic E-state index is 13.5. The molecule has 2 atom stereocenters. The lowest BCUT2D eigenvalue weighted by Crippen LogP contribution is -2.27. The van der Waals surface area contributed by atoms with Crippen molar-refractivity contribution in [3.63, 3.8) is 0 Å². The summed E-state index contributed by atoms with van der Waals surface area (Å²) in [5, 5.41) is 2.26. The first kappa shape index (κ1) is 19.6. The molecule has 0 aliphatic heterocycles. The molecule has 26 heavy (non-hydrogen) atoms. The molecule has 0 aliphatic rings. The molecule has 1 N–H and O–H groups in total. The van der Waals surface area contributed by atoms with Gasteiger partial charge in [-0.1, -0.05) is 50.6 Å². The zero-order valence-electron chi connectivity index (χ0n) is 14.7. The van der Waals surface area contributed by atoms with Crippen molar-refractivity contribution in [3.8, 4) is 0 Å². The van der Waals surface area contributed by atoms with Gasteiger partial charge in [0, 0.05) is 6.07 Å². The van der Waals surface area contributed by atoms with Crippen LogP contribution in [0.5, 0.6) is 0 Å². The minimum Gasteiger partial charge on any atom is -0.455 e. The molecule has 0 radical (unpaired) electrons. The van der Waals surface area contributed by atoms with Gasteiger partial charge < -0.3 is 10.1 Å². The number of benzene rings is 2. The van der Waals surface area contributed by atoms with Gasteiger partial charge in [0.25, 0.3) is 5.91 Å². The predicted molar refractivity (Wildman–Crippen MR) is 94.6 cm³/mol. The van der Waals surface area contributed by atoms with E-state index in [0.717, 1.165) is 24.1 Å². The molecule has 2 aromatic carbocycles. The van der Waals surface area contributed by atoms with Crippen LogP contribution in [0.15, 0.2) is 48.5 Å². The molecule has 0 saturated carbocycles. The van der Waals surface area contributed by atoms with Gasteiger partial charge in [-0.3, -0.25) is 9.59 Å². The second-order valence-corrected chi connectivity index (χ2v) is 6.05. The molecule has 0 bridgehead atoms. The fourth-order valence-electron chi connectivity index (χ4n) is 2.60. The van der Waals surface area contributed by atoms with Crippen LogP contribution in [0.4, 0.5) is 14.5 Å². The second-order valence-electron chi connectivity index (χ2n) is 6.05. The number of hydrogen-bond donors (Lipinski definition) is 1. The highest BCUT2D eigenvalue weighted by molar-refractivity contribution is 5.93. The van der Waals surface area contributed by atoms with Gasteiger partial charge in [-0.25, -0.2) is 8.78 Å². The number of esters is 1. The maximum Gasteiger partial charge on any atom is 0.314 e. The van der Waals surface area contributed by atoms with E-state index in [1.165, 1.54) is 0 Å². The Bertz CT molecular complexity index is 765. The molecular formula is C20H21F2NO3. The molecule has 0 heterocycles. The van der Waals surface area contributed by atoms with Gasteiger partial charge in [0.15, 0.2) is 6.61 Å². The van der Waals surface area contributed by atoms with Crippen LogP contribution in [-0.2, 0) is 14.3 Å². The zero-order valence-corrected chi connectivity index (χ0v) is 14.7. The average Bonchev–Trinajstić information content (AvgIpc) is 2.63. The van der Waals surface area contributed by atoms with Crippen molar-refractivity contribution in [2.45, 2.75) is 26.2 Å². The average molecular weight is 361 g/mol. The second kappa shape index (κ2) is 9.08. The third-order valence-corrected chi connectivity index (χ3v) is 4.18. The highest BCUT2D eigenvalue weighted by Gasteiger charge is 2.27. The van der Waals surface area contributed by atoms with Crippen molar-refractivity contribution in [1.82, 2.24) is 0 Å². The number of amides is 1. The molecule has 0 spiro atoms. The molecule has 6 heteroatoms. The van der Waals surface area contributed by atoms with E-state index in [2.05, 4.69) is 5.32 Å². The Hall–Kier alpha value is -2.76. The number of carbonyl (C=O) groups is 2. The van der Waals surface area contributed by atoms with Gasteiger partial charge in [0.2, 0.25) is 0 Å². The molecular weight excluding hydrogens is 340 g/mol. The van der Waals surface area contributed by atoms with E-state index < -0.39 is 36.0 Å². The number of nitrogens with one attached hydrogen (secondary N) is 1. The lowest BCUT2D eigenvalue weighted by atomic mass is 9.86. The van der Waals surface area contributed by atoms with Crippen molar-refractivity contribution < 1.29 is 23.1 Å². The molecule has 2 aromatic rings. The summed E-state index contributed by atoms with van der Waals surface area (Å²) in [7, 11) is 0. The first-order valence-electron chi connectivity index (χ1n) is 8.38. The van der Waals surface area contributed by atoms with Gasteiger partial charge in [-0.05, 0) is 23.6 Å². The van der Waals surface area contributed by atoms with Gasteiger partial charge in [0.1, 0.15) is 11.6 Å². The van der Waals surface area contributed by atoms with E-state index >= 15 is 0 Å². The van der Waals surface area contributed by atoms with Gasteiger partial charge in [0.05, 0.1) is 11.6 Å². The molecule has 4 nitrogen and oxygen atoms in total. The highest BCUT2D eigenvalue weighted by Crippen LogP contribution is 2.28. The number of ether oxygens (including phenoxy) is 1. The van der Waals surface area contributed by atoms with E-state index in [9.17, 15) is 18.4 Å². The zero-order chi connectivity index (χ0) is 19.1. The lowest BCUT2D eigenvalue weighted by Gasteiger charge is -2.21. The van der Waals surface area contributed by atoms with Crippen molar-refractivity contribution in [2.24, 2.45) is 5.92 Å². The number of anilines is 1. The highest BCUT2D eigenvalue weighted by atomic mass is 19.1. The minimum atomic E-state index is -0.897. The van der Waals surface area contributed by atoms with E-state index in [-0.39, 0.29) is 11.6 Å². The number of halogens is 2. The molecule has 0 saturated heterocycles. The molecule has 0 fully saturated rings. The first-order chi connectivity index (χ1) is 12.4. The monoisotopic (exact) mass is 361 g/mol. The van der Waals surface area contributed by atoms with E-state index in [1.54, 1.807) is 0 Å². The Morgan fingerprint density at radius 2 is 1.81 bits per heavy atom. The Morgan fingerprint density at radius 3 is 2.42 bits per heavy atom. The molecule has 0 unspecified atom stereocenters. The summed E-state index contributed by atoms with van der Waals surface area (Å²) in [6.07, 6.45) is 0.766. The van der Waals surface area contributed by atoms with Gasteiger partial charge >= 0.3 is 5.97 Å². The first-order valence-corrected chi connectivity index (χ1v) is 8.38. The normalized spacial score (nSPS) is 12.9. The van der Waals surface area contributed by atoms with Crippen molar-refractivity contribution in [3.05, 3.63) is 65.7 Å². The molecule has 138 valence electrons. The maximum absolute atomic E-state index is 13.5. The van der Waals surface area contributed by atoms with Crippen LogP contribution in [0.3, 0.4) is 0 Å². The van der Waals surface area contributed by atoms with Crippen molar-refractivity contribution in [1.29, 1.82) is 0 Å². The van der Waals surface area contributed by atoms with Crippen LogP contribution in [0.2, 0.25) is 0 Å². The largest absolute Gasteiger partial charge is 0.455 e. The van der Waals surface area contributed by atoms with Crippen molar-refractivity contribution >= 4 is 17.6 Å². The van der Waals surface area contributed by atoms with E-state index in [4.69, 9.17) is 4.74 Å². The van der Waals surface area contributed by atoms with Gasteiger partial charge in [-0.2, -0.15) is 0 Å². The van der Waals surface area contributed by atoms with Crippen LogP contribution in [0, 0.1) is 17.6 Å². The summed E-state index contributed by atoms with van der Waals surface area (Å²) < 4.78 is 31.6. The number of carbonyl (C=O) groups excluding carboxylic acids is 2. The third kappa shape index (κ3) is 5.12. The molecule has 1 amide bonds. The third-order valence-electron chi connectivity index (χ3n) is 4.18. The van der Waals surface area contributed by atoms with Crippen LogP contribution >= 0.6 is 0 Å². The molecule has 0 aliphatic carbocycles. The van der Waals surface area contributed by atoms with Crippen LogP contribution in [0.25, 0.3) is 0 Å². The summed E-state index contributed by atoms with van der Waals surface area (Å²) in [6.45, 7) is 3.36. The smallest absolute Gasteiger partial charge is 0.314 e. The Kier molecular flexibility index (Phi) is 6.83. The Morgan fingerprint density at radius 1 is 1.12 bits per heavy atom. The standard InChI is InChI=1S/C20H21F2NO3/c1-3-13(2)19(14-7-5-4-6-8-14)20(25)26-12-18(24)23-17-10-9-15(21)11-16(17)22/h4-11,13,19H,3,12H2,1-2H3,(H,23,24)/t13-,19+/m1/s1. The van der Waals surface area contributed by atoms with Crippen LogP contribution in [-0.4, -0.2) is 18.5 Å². The van der Waals surface area contributed by atoms with Gasteiger partial charge in [-0.15, -0.1) is 0 Å². The van der Waals surface area contributed by atoms with E-state index in [0.29, 0.717) is 6.07 Å². The quantitative estimate of drug-likeness (QED) is 0.749. The van der Waals surface area contributed by atoms with Crippen molar-refractivity contribution in [2.75, 3.05) is 11.9 Å². The number of hydrogen-bond acceptors (Lipinski definition) is 3. The number of rotatable bonds is 7. The summed E-state index contributed by atoms with van der Waals surface area (Å²) in [6, 6.07) is 12.0. The summed E-state index contributed by atoms with van der Waals surface area (Å²) >= 11 is 0. The fourth-order valence-corrected chi connectivity index (χ4v) is 2.60. The summed E-state index contributed by atoms with van der Waals surface area (Å²) in [4.78, 5) is 24.4. The van der Waals surface area contributed by atoms with E-state index in [1.807, 2.05) is 44.2 Å². The summed E-state index contributed by atoms with van der Waals surface area (Å²) in [5.74, 6) is -3.31. The van der Waals surface area contributed by atoms with Crippen LogP contribution in [0.1, 0.15) is 31.7 Å². The Balaban J connectivity index is 1.99. The predicted octanol–water partition coefficient (Wildman–Crippen LogP) is 4.28.